The van der Waals surface area contributed by atoms with Crippen LogP contribution in [0.1, 0.15) is 31.2 Å². The Bertz CT molecular complexity index is 725. The van der Waals surface area contributed by atoms with Gasteiger partial charge in [0.1, 0.15) is 11.6 Å². The smallest absolute Gasteiger partial charge is 0.123 e. The zero-order valence-electron chi connectivity index (χ0n) is 14.4. The molecule has 130 valence electrons. The summed E-state index contributed by atoms with van der Waals surface area (Å²) in [5.74, 6) is 0.518. The average molecular weight is 337 g/mol. The van der Waals surface area contributed by atoms with Crippen LogP contribution in [0.15, 0.2) is 66.2 Å². The molecular formula is C22H24FNO. The number of nitrogens with zero attached hydrogens (tertiary/aromatic N) is 1. The van der Waals surface area contributed by atoms with Crippen LogP contribution >= 0.6 is 0 Å². The first-order chi connectivity index (χ1) is 12.3. The maximum Gasteiger partial charge on any atom is 0.123 e. The number of benzene rings is 2. The summed E-state index contributed by atoms with van der Waals surface area (Å²) in [4.78, 5) is 2.65. The molecule has 0 aromatic heterocycles. The van der Waals surface area contributed by atoms with Crippen LogP contribution in [-0.4, -0.2) is 23.6 Å². The first-order valence-corrected chi connectivity index (χ1v) is 9.15. The first kappa shape index (κ1) is 16.3. The van der Waals surface area contributed by atoms with E-state index in [0.29, 0.717) is 18.7 Å². The van der Waals surface area contributed by atoms with Crippen LogP contribution < -0.4 is 4.74 Å². The Kier molecular flexibility index (Phi) is 4.84. The summed E-state index contributed by atoms with van der Waals surface area (Å²) >= 11 is 0. The molecule has 2 heterocycles. The van der Waals surface area contributed by atoms with Gasteiger partial charge in [0.2, 0.25) is 0 Å². The minimum absolute atomic E-state index is 0.225. The SMILES string of the molecule is Fc1ccc(OCCC2=CC3CCC(C2)N3Cc2ccccc2)cc1. The predicted molar refractivity (Wildman–Crippen MR) is 98.0 cm³/mol. The number of halogens is 1. The third-order valence-corrected chi connectivity index (χ3v) is 5.33. The number of hydrogen-bond acceptors (Lipinski definition) is 2. The number of fused-ring (bicyclic) bond motifs is 2. The molecule has 2 aliphatic rings. The molecule has 3 heteroatoms. The minimum Gasteiger partial charge on any atom is -0.493 e. The largest absolute Gasteiger partial charge is 0.493 e. The maximum atomic E-state index is 12.9. The summed E-state index contributed by atoms with van der Waals surface area (Å²) in [7, 11) is 0. The van der Waals surface area contributed by atoms with Gasteiger partial charge in [0, 0.05) is 25.0 Å². The normalized spacial score (nSPS) is 22.7. The fraction of sp³-hybridized carbons (Fsp3) is 0.364. The topological polar surface area (TPSA) is 12.5 Å². The second-order valence-electron chi connectivity index (χ2n) is 7.04. The van der Waals surface area contributed by atoms with Gasteiger partial charge in [0.15, 0.2) is 0 Å². The molecular weight excluding hydrogens is 313 g/mol. The van der Waals surface area contributed by atoms with Crippen molar-refractivity contribution in [1.29, 1.82) is 0 Å². The van der Waals surface area contributed by atoms with Crippen molar-refractivity contribution in [2.75, 3.05) is 6.61 Å². The lowest BCUT2D eigenvalue weighted by Gasteiger charge is -2.34. The Morgan fingerprint density at radius 3 is 2.56 bits per heavy atom. The molecule has 0 saturated carbocycles. The van der Waals surface area contributed by atoms with E-state index in [-0.39, 0.29) is 5.82 Å². The van der Waals surface area contributed by atoms with E-state index in [1.807, 2.05) is 0 Å². The van der Waals surface area contributed by atoms with Crippen molar-refractivity contribution >= 4 is 0 Å². The summed E-state index contributed by atoms with van der Waals surface area (Å²) in [6, 6.07) is 18.2. The Morgan fingerprint density at radius 1 is 1.00 bits per heavy atom. The molecule has 0 N–H and O–H groups in total. The van der Waals surface area contributed by atoms with E-state index in [1.54, 1.807) is 12.1 Å². The van der Waals surface area contributed by atoms with Crippen LogP contribution in [0, 0.1) is 5.82 Å². The van der Waals surface area contributed by atoms with Gasteiger partial charge in [-0.25, -0.2) is 4.39 Å². The molecule has 2 aromatic carbocycles. The van der Waals surface area contributed by atoms with Gasteiger partial charge in [0.05, 0.1) is 6.61 Å². The lowest BCUT2D eigenvalue weighted by Crippen LogP contribution is -2.38. The van der Waals surface area contributed by atoms with Crippen molar-refractivity contribution in [1.82, 2.24) is 4.90 Å². The molecule has 2 unspecified atom stereocenters. The molecule has 0 aliphatic carbocycles. The summed E-state index contributed by atoms with van der Waals surface area (Å²) < 4.78 is 18.7. The van der Waals surface area contributed by atoms with E-state index >= 15 is 0 Å². The van der Waals surface area contributed by atoms with Crippen LogP contribution in [0.4, 0.5) is 4.39 Å². The molecule has 0 amide bonds. The highest BCUT2D eigenvalue weighted by molar-refractivity contribution is 5.23. The Hall–Kier alpha value is -2.13. The van der Waals surface area contributed by atoms with Gasteiger partial charge >= 0.3 is 0 Å². The third kappa shape index (κ3) is 3.93. The van der Waals surface area contributed by atoms with Crippen molar-refractivity contribution in [2.24, 2.45) is 0 Å². The molecule has 4 rings (SSSR count). The van der Waals surface area contributed by atoms with Crippen molar-refractivity contribution in [3.8, 4) is 5.75 Å². The number of hydrogen-bond donors (Lipinski definition) is 0. The van der Waals surface area contributed by atoms with Crippen molar-refractivity contribution in [3.63, 3.8) is 0 Å². The molecule has 2 aliphatic heterocycles. The molecule has 2 bridgehead atoms. The molecule has 1 fully saturated rings. The lowest BCUT2D eigenvalue weighted by molar-refractivity contribution is 0.192. The highest BCUT2D eigenvalue weighted by Gasteiger charge is 2.35. The second kappa shape index (κ2) is 7.40. The first-order valence-electron chi connectivity index (χ1n) is 9.15. The van der Waals surface area contributed by atoms with Gasteiger partial charge in [-0.1, -0.05) is 42.0 Å². The zero-order chi connectivity index (χ0) is 17.1. The molecule has 25 heavy (non-hydrogen) atoms. The van der Waals surface area contributed by atoms with Crippen molar-refractivity contribution < 1.29 is 9.13 Å². The molecule has 1 saturated heterocycles. The molecule has 2 nitrogen and oxygen atoms in total. The second-order valence-corrected chi connectivity index (χ2v) is 7.04. The van der Waals surface area contributed by atoms with E-state index in [2.05, 4.69) is 41.3 Å². The highest BCUT2D eigenvalue weighted by Crippen LogP contribution is 2.36. The van der Waals surface area contributed by atoms with E-state index < -0.39 is 0 Å². The van der Waals surface area contributed by atoms with Crippen LogP contribution in [0.25, 0.3) is 0 Å². The molecule has 2 aromatic rings. The highest BCUT2D eigenvalue weighted by atomic mass is 19.1. The van der Waals surface area contributed by atoms with Crippen molar-refractivity contribution in [3.05, 3.63) is 77.6 Å². The summed E-state index contributed by atoms with van der Waals surface area (Å²) in [6.07, 6.45) is 7.12. The van der Waals surface area contributed by atoms with Crippen LogP contribution in [0.5, 0.6) is 5.75 Å². The van der Waals surface area contributed by atoms with Gasteiger partial charge in [-0.3, -0.25) is 4.90 Å². The Balaban J connectivity index is 1.32. The van der Waals surface area contributed by atoms with E-state index in [9.17, 15) is 4.39 Å². The molecule has 2 atom stereocenters. The summed E-state index contributed by atoms with van der Waals surface area (Å²) in [5.41, 5.74) is 2.91. The van der Waals surface area contributed by atoms with Crippen LogP contribution in [0.2, 0.25) is 0 Å². The van der Waals surface area contributed by atoms with E-state index in [4.69, 9.17) is 4.74 Å². The maximum absolute atomic E-state index is 12.9. The van der Waals surface area contributed by atoms with Crippen LogP contribution in [0.3, 0.4) is 0 Å². The minimum atomic E-state index is -0.225. The van der Waals surface area contributed by atoms with Gasteiger partial charge in [0.25, 0.3) is 0 Å². The van der Waals surface area contributed by atoms with Gasteiger partial charge in [-0.05, 0) is 49.1 Å². The fourth-order valence-electron chi connectivity index (χ4n) is 4.06. The lowest BCUT2D eigenvalue weighted by atomic mass is 9.98. The van der Waals surface area contributed by atoms with E-state index in [0.717, 1.165) is 25.1 Å². The Morgan fingerprint density at radius 2 is 1.80 bits per heavy atom. The Labute approximate surface area is 148 Å². The van der Waals surface area contributed by atoms with Gasteiger partial charge in [-0.15, -0.1) is 0 Å². The summed E-state index contributed by atoms with van der Waals surface area (Å²) in [6.45, 7) is 1.71. The van der Waals surface area contributed by atoms with Crippen molar-refractivity contribution in [2.45, 2.75) is 44.3 Å². The van der Waals surface area contributed by atoms with Gasteiger partial charge in [-0.2, -0.15) is 0 Å². The van der Waals surface area contributed by atoms with Crippen LogP contribution in [-0.2, 0) is 6.54 Å². The number of ether oxygens (including phenoxy) is 1. The fourth-order valence-corrected chi connectivity index (χ4v) is 4.06. The standard InChI is InChI=1S/C22H24FNO/c23-19-6-10-22(11-7-19)25-13-12-18-14-20-8-9-21(15-18)24(20)16-17-4-2-1-3-5-17/h1-7,10-11,14,20-21H,8-9,12-13,15-16H2. The summed E-state index contributed by atoms with van der Waals surface area (Å²) in [5, 5.41) is 0. The number of rotatable bonds is 6. The quantitative estimate of drug-likeness (QED) is 0.691. The average Bonchev–Trinajstić information content (AvgIpc) is 2.87. The zero-order valence-corrected chi connectivity index (χ0v) is 14.4. The molecule has 0 radical (unpaired) electrons. The molecule has 0 spiro atoms. The monoisotopic (exact) mass is 337 g/mol. The third-order valence-electron chi connectivity index (χ3n) is 5.33. The predicted octanol–water partition coefficient (Wildman–Crippen LogP) is 4.96. The van der Waals surface area contributed by atoms with E-state index in [1.165, 1.54) is 36.1 Å². The van der Waals surface area contributed by atoms with Gasteiger partial charge < -0.3 is 4.74 Å².